The minimum absolute atomic E-state index is 0.0404. The Labute approximate surface area is 244 Å². The van der Waals surface area contributed by atoms with Gasteiger partial charge in [-0.3, -0.25) is 9.36 Å². The summed E-state index contributed by atoms with van der Waals surface area (Å²) in [7, 11) is -3.45. The summed E-state index contributed by atoms with van der Waals surface area (Å²) in [6.45, 7) is -0.320. The highest BCUT2D eigenvalue weighted by Crippen LogP contribution is 2.41. The van der Waals surface area contributed by atoms with Gasteiger partial charge in [0.05, 0.1) is 16.8 Å². The maximum Gasteiger partial charge on any atom is 0.394 e. The van der Waals surface area contributed by atoms with E-state index in [-0.39, 0.29) is 53.7 Å². The molecule has 3 atom stereocenters. The molecule has 0 aliphatic heterocycles. The number of rotatable bonds is 10. The van der Waals surface area contributed by atoms with E-state index in [1.807, 2.05) is 0 Å². The number of halogens is 6. The Morgan fingerprint density at radius 3 is 2.50 bits per heavy atom. The second-order valence-electron chi connectivity index (χ2n) is 11.0. The lowest BCUT2D eigenvalue weighted by molar-refractivity contribution is -0.211. The molecule has 0 radical (unpaired) electrons. The number of carbonyl (C=O) groups is 1. The molecule has 1 saturated carbocycles. The second kappa shape index (κ2) is 12.2. The first-order valence-corrected chi connectivity index (χ1v) is 15.2. The number of hydrogen-bond donors (Lipinski definition) is 3. The molecule has 3 rings (SSSR count). The van der Waals surface area contributed by atoms with Crippen molar-refractivity contribution >= 4 is 27.3 Å². The molecular formula is C25H32ClF5N4O6S. The number of alkyl halides is 5. The second-order valence-corrected chi connectivity index (χ2v) is 13.7. The van der Waals surface area contributed by atoms with E-state index in [0.717, 1.165) is 36.9 Å². The van der Waals surface area contributed by atoms with Crippen LogP contribution >= 0.6 is 11.6 Å². The van der Waals surface area contributed by atoms with Gasteiger partial charge in [0.1, 0.15) is 26.4 Å². The highest BCUT2D eigenvalue weighted by Gasteiger charge is 2.47. The standard InChI is InChI=1S/C25H32ClF5N4O6S/c1-5-17-34-18(21(37)33-12-24(38)7-6-14(9-16(24)36)42(4,39)40)19(26)35(17)20-15(41-22(27)28)8-13(11-32-20)10-23(2,3)25(29,30)31/h8,11,14,16,22,36,38H,5-7,9-10,12H2,1-4H3,(H,33,37)/t14?,16-,24-/m0/s1. The van der Waals surface area contributed by atoms with Gasteiger partial charge in [0.25, 0.3) is 5.91 Å². The molecule has 1 fully saturated rings. The molecule has 1 aliphatic carbocycles. The summed E-state index contributed by atoms with van der Waals surface area (Å²) in [4.78, 5) is 21.2. The number of pyridine rings is 1. The summed E-state index contributed by atoms with van der Waals surface area (Å²) >= 11 is 6.44. The third-order valence-electron chi connectivity index (χ3n) is 7.32. The first-order valence-electron chi connectivity index (χ1n) is 12.9. The van der Waals surface area contributed by atoms with E-state index >= 15 is 0 Å². The minimum atomic E-state index is -4.59. The number of aliphatic hydroxyl groups is 2. The van der Waals surface area contributed by atoms with E-state index in [2.05, 4.69) is 20.0 Å². The number of aromatic nitrogens is 3. The van der Waals surface area contributed by atoms with Crippen molar-refractivity contribution in [2.75, 3.05) is 12.8 Å². The van der Waals surface area contributed by atoms with Crippen molar-refractivity contribution in [3.05, 3.63) is 34.5 Å². The molecule has 2 aromatic rings. The molecule has 2 aromatic heterocycles. The number of ether oxygens (including phenoxy) is 1. The maximum atomic E-state index is 13.4. The van der Waals surface area contributed by atoms with Gasteiger partial charge in [-0.25, -0.2) is 18.4 Å². The van der Waals surface area contributed by atoms with Gasteiger partial charge in [-0.2, -0.15) is 22.0 Å². The Morgan fingerprint density at radius 2 is 1.98 bits per heavy atom. The highest BCUT2D eigenvalue weighted by atomic mass is 35.5. The Morgan fingerprint density at radius 1 is 1.33 bits per heavy atom. The van der Waals surface area contributed by atoms with Gasteiger partial charge in [0.2, 0.25) is 0 Å². The number of carbonyl (C=O) groups excluding carboxylic acids is 1. The predicted octanol–water partition coefficient (Wildman–Crippen LogP) is 3.63. The van der Waals surface area contributed by atoms with Crippen LogP contribution in [0.15, 0.2) is 12.3 Å². The minimum Gasteiger partial charge on any atom is -0.431 e. The average molecular weight is 647 g/mol. The van der Waals surface area contributed by atoms with Crippen molar-refractivity contribution in [2.45, 2.75) is 82.6 Å². The zero-order chi connectivity index (χ0) is 31.8. The first-order chi connectivity index (χ1) is 19.2. The lowest BCUT2D eigenvalue weighted by Crippen LogP contribution is -2.56. The van der Waals surface area contributed by atoms with E-state index in [9.17, 15) is 45.4 Å². The fraction of sp³-hybridized carbons (Fsp3) is 0.640. The van der Waals surface area contributed by atoms with Crippen LogP contribution in [-0.4, -0.2) is 81.6 Å². The van der Waals surface area contributed by atoms with Gasteiger partial charge in [-0.1, -0.05) is 32.4 Å². The zero-order valence-electron chi connectivity index (χ0n) is 23.2. The number of nitrogens with zero attached hydrogens (tertiary/aromatic N) is 3. The summed E-state index contributed by atoms with van der Waals surface area (Å²) in [5.74, 6) is -1.77. The van der Waals surface area contributed by atoms with Crippen molar-refractivity contribution in [2.24, 2.45) is 5.41 Å². The van der Waals surface area contributed by atoms with Crippen LogP contribution in [0.2, 0.25) is 5.15 Å². The molecule has 42 heavy (non-hydrogen) atoms. The summed E-state index contributed by atoms with van der Waals surface area (Å²) in [6.07, 6.45) is -4.71. The summed E-state index contributed by atoms with van der Waals surface area (Å²) in [5, 5.41) is 22.5. The summed E-state index contributed by atoms with van der Waals surface area (Å²) in [6, 6.07) is 0.987. The van der Waals surface area contributed by atoms with Gasteiger partial charge >= 0.3 is 12.8 Å². The van der Waals surface area contributed by atoms with Gasteiger partial charge < -0.3 is 20.3 Å². The maximum absolute atomic E-state index is 13.4. The number of imidazole rings is 1. The molecule has 0 aromatic carbocycles. The van der Waals surface area contributed by atoms with Crippen LogP contribution < -0.4 is 10.1 Å². The average Bonchev–Trinajstić information content (AvgIpc) is 3.18. The number of nitrogens with one attached hydrogen (secondary N) is 1. The SMILES string of the molecule is CCc1nc(C(=O)NC[C@@]2(O)CCC(S(C)(=O)=O)C[C@@H]2O)c(Cl)n1-c1ncc(CC(C)(C)C(F)(F)F)cc1OC(F)F. The van der Waals surface area contributed by atoms with Crippen LogP contribution in [0, 0.1) is 5.41 Å². The van der Waals surface area contributed by atoms with Crippen LogP contribution in [0.4, 0.5) is 22.0 Å². The van der Waals surface area contributed by atoms with E-state index in [0.29, 0.717) is 0 Å². The fourth-order valence-electron chi connectivity index (χ4n) is 4.65. The van der Waals surface area contributed by atoms with Gasteiger partial charge in [-0.15, -0.1) is 0 Å². The molecule has 0 bridgehead atoms. The monoisotopic (exact) mass is 646 g/mol. The number of sulfone groups is 1. The molecule has 17 heteroatoms. The Hall–Kier alpha value is -2.56. The third-order valence-corrected chi connectivity index (χ3v) is 9.31. The van der Waals surface area contributed by atoms with Crippen molar-refractivity contribution in [1.29, 1.82) is 0 Å². The number of aryl methyl sites for hydroxylation is 1. The molecule has 1 amide bonds. The van der Waals surface area contributed by atoms with Crippen LogP contribution in [0.3, 0.4) is 0 Å². The van der Waals surface area contributed by atoms with Crippen molar-refractivity contribution in [3.63, 3.8) is 0 Å². The molecule has 10 nitrogen and oxygen atoms in total. The van der Waals surface area contributed by atoms with Crippen LogP contribution in [-0.2, 0) is 22.7 Å². The largest absolute Gasteiger partial charge is 0.431 e. The van der Waals surface area contributed by atoms with Crippen molar-refractivity contribution in [3.8, 4) is 11.6 Å². The van der Waals surface area contributed by atoms with E-state index < -0.39 is 69.6 Å². The van der Waals surface area contributed by atoms with Crippen LogP contribution in [0.1, 0.15) is 61.9 Å². The van der Waals surface area contributed by atoms with Gasteiger partial charge in [-0.05, 0) is 37.3 Å². The van der Waals surface area contributed by atoms with Gasteiger partial charge in [0.15, 0.2) is 17.3 Å². The predicted molar refractivity (Wildman–Crippen MR) is 142 cm³/mol. The number of hydrogen-bond acceptors (Lipinski definition) is 8. The lowest BCUT2D eigenvalue weighted by Gasteiger charge is -2.39. The van der Waals surface area contributed by atoms with Gasteiger partial charge in [0, 0.05) is 25.4 Å². The summed E-state index contributed by atoms with van der Waals surface area (Å²) in [5.41, 5.74) is -4.46. The fourth-order valence-corrected chi connectivity index (χ4v) is 6.04. The van der Waals surface area contributed by atoms with E-state index in [4.69, 9.17) is 11.6 Å². The normalized spacial score (nSPS) is 21.9. The Balaban J connectivity index is 1.91. The lowest BCUT2D eigenvalue weighted by atomic mass is 9.82. The number of amides is 1. The van der Waals surface area contributed by atoms with Crippen molar-refractivity contribution < 1.29 is 50.1 Å². The number of aliphatic hydroxyl groups excluding tert-OH is 1. The molecule has 3 N–H and O–H groups in total. The molecule has 1 aliphatic rings. The smallest absolute Gasteiger partial charge is 0.394 e. The Bertz CT molecular complexity index is 1420. The summed E-state index contributed by atoms with van der Waals surface area (Å²) < 4.78 is 96.1. The quantitative estimate of drug-likeness (QED) is 0.332. The molecular weight excluding hydrogens is 615 g/mol. The molecule has 0 saturated heterocycles. The van der Waals surface area contributed by atoms with E-state index in [1.54, 1.807) is 6.92 Å². The molecule has 236 valence electrons. The Kier molecular flexibility index (Phi) is 9.86. The van der Waals surface area contributed by atoms with E-state index in [1.165, 1.54) is 0 Å². The van der Waals surface area contributed by atoms with Crippen molar-refractivity contribution in [1.82, 2.24) is 19.9 Å². The molecule has 0 spiro atoms. The zero-order valence-corrected chi connectivity index (χ0v) is 24.7. The molecule has 2 heterocycles. The van der Waals surface area contributed by atoms with Crippen LogP contribution in [0.5, 0.6) is 5.75 Å². The topological polar surface area (TPSA) is 144 Å². The first kappa shape index (κ1) is 33.9. The molecule has 1 unspecified atom stereocenters. The third kappa shape index (κ3) is 7.32. The highest BCUT2D eigenvalue weighted by molar-refractivity contribution is 7.91. The van der Waals surface area contributed by atoms with Crippen LogP contribution in [0.25, 0.3) is 5.82 Å².